The average Bonchev–Trinajstić information content (AvgIpc) is 2.31. The van der Waals surface area contributed by atoms with Gasteiger partial charge in [0.05, 0.1) is 12.2 Å². The molecule has 1 aromatic carbocycles. The van der Waals surface area contributed by atoms with E-state index in [1.165, 1.54) is 6.07 Å². The van der Waals surface area contributed by atoms with Crippen LogP contribution in [0.1, 0.15) is 11.1 Å². The maximum Gasteiger partial charge on any atom is 0.416 e. The van der Waals surface area contributed by atoms with Crippen molar-refractivity contribution in [2.24, 2.45) is 5.73 Å². The van der Waals surface area contributed by atoms with E-state index in [9.17, 15) is 18.0 Å². The summed E-state index contributed by atoms with van der Waals surface area (Å²) in [6.07, 6.45) is -4.44. The fourth-order valence-electron chi connectivity index (χ4n) is 1.37. The van der Waals surface area contributed by atoms with Crippen molar-refractivity contribution in [1.82, 2.24) is 0 Å². The fraction of sp³-hybridized carbons (Fsp3) is 0.417. The molecule has 106 valence electrons. The second-order valence-electron chi connectivity index (χ2n) is 3.92. The number of alkyl halides is 3. The summed E-state index contributed by atoms with van der Waals surface area (Å²) in [4.78, 5) is 11.4. The van der Waals surface area contributed by atoms with Gasteiger partial charge in [-0.2, -0.15) is 13.2 Å². The van der Waals surface area contributed by atoms with E-state index in [-0.39, 0.29) is 25.4 Å². The predicted octanol–water partition coefficient (Wildman–Crippen LogP) is 1.93. The lowest BCUT2D eigenvalue weighted by molar-refractivity contribution is -0.137. The molecule has 1 amide bonds. The standard InChI is InChI=1S/C12H15F3N2O2/c1-8-2-3-9(12(13,14)15)6-10(8)17-11(18)7-19-5-4-16/h2-3,6H,4-5,7,16H2,1H3,(H,17,18). The largest absolute Gasteiger partial charge is 0.416 e. The van der Waals surface area contributed by atoms with E-state index in [2.05, 4.69) is 5.32 Å². The van der Waals surface area contributed by atoms with Crippen molar-refractivity contribution in [2.75, 3.05) is 25.1 Å². The number of carbonyl (C=O) groups excluding carboxylic acids is 1. The highest BCUT2D eigenvalue weighted by Gasteiger charge is 2.30. The van der Waals surface area contributed by atoms with Gasteiger partial charge in [0, 0.05) is 12.2 Å². The summed E-state index contributed by atoms with van der Waals surface area (Å²) in [6.45, 7) is 1.86. The molecular formula is C12H15F3N2O2. The molecule has 1 aromatic rings. The first kappa shape index (κ1) is 15.5. The van der Waals surface area contributed by atoms with Crippen LogP contribution in [0.2, 0.25) is 0 Å². The topological polar surface area (TPSA) is 64.3 Å². The predicted molar refractivity (Wildman–Crippen MR) is 64.7 cm³/mol. The summed E-state index contributed by atoms with van der Waals surface area (Å²) in [5.74, 6) is -0.518. The van der Waals surface area contributed by atoms with E-state index in [4.69, 9.17) is 10.5 Å². The molecule has 0 saturated heterocycles. The first-order valence-corrected chi connectivity index (χ1v) is 5.60. The average molecular weight is 276 g/mol. The lowest BCUT2D eigenvalue weighted by Gasteiger charge is -2.12. The molecule has 0 aromatic heterocycles. The van der Waals surface area contributed by atoms with Crippen molar-refractivity contribution in [1.29, 1.82) is 0 Å². The molecule has 0 atom stereocenters. The minimum atomic E-state index is -4.44. The Hall–Kier alpha value is -1.60. The highest BCUT2D eigenvalue weighted by molar-refractivity contribution is 5.92. The number of amides is 1. The zero-order valence-corrected chi connectivity index (χ0v) is 10.4. The van der Waals surface area contributed by atoms with Crippen molar-refractivity contribution in [3.05, 3.63) is 29.3 Å². The molecule has 0 unspecified atom stereocenters. The summed E-state index contributed by atoms with van der Waals surface area (Å²) >= 11 is 0. The molecule has 0 saturated carbocycles. The monoisotopic (exact) mass is 276 g/mol. The number of rotatable bonds is 5. The first-order valence-electron chi connectivity index (χ1n) is 5.60. The minimum Gasteiger partial charge on any atom is -0.370 e. The van der Waals surface area contributed by atoms with Gasteiger partial charge < -0.3 is 15.8 Å². The Morgan fingerprint density at radius 2 is 2.11 bits per heavy atom. The zero-order valence-electron chi connectivity index (χ0n) is 10.4. The number of aryl methyl sites for hydroxylation is 1. The van der Waals surface area contributed by atoms with Gasteiger partial charge in [0.1, 0.15) is 6.61 Å². The van der Waals surface area contributed by atoms with Crippen LogP contribution in [0.5, 0.6) is 0 Å². The Balaban J connectivity index is 2.74. The lowest BCUT2D eigenvalue weighted by atomic mass is 10.1. The van der Waals surface area contributed by atoms with E-state index >= 15 is 0 Å². The van der Waals surface area contributed by atoms with E-state index in [0.29, 0.717) is 5.56 Å². The second kappa shape index (κ2) is 6.53. The molecule has 0 radical (unpaired) electrons. The van der Waals surface area contributed by atoms with Crippen LogP contribution in [0, 0.1) is 6.92 Å². The smallest absolute Gasteiger partial charge is 0.370 e. The first-order chi connectivity index (χ1) is 8.84. The molecule has 19 heavy (non-hydrogen) atoms. The van der Waals surface area contributed by atoms with Gasteiger partial charge in [-0.1, -0.05) is 6.07 Å². The van der Waals surface area contributed by atoms with Gasteiger partial charge in [0.2, 0.25) is 5.91 Å². The molecule has 0 spiro atoms. The third-order valence-corrected chi connectivity index (χ3v) is 2.33. The Kier molecular flexibility index (Phi) is 5.31. The summed E-state index contributed by atoms with van der Waals surface area (Å²) in [5.41, 5.74) is 5.03. The van der Waals surface area contributed by atoms with Crippen molar-refractivity contribution >= 4 is 11.6 Å². The van der Waals surface area contributed by atoms with Crippen molar-refractivity contribution in [3.8, 4) is 0 Å². The van der Waals surface area contributed by atoms with Crippen LogP contribution in [-0.2, 0) is 15.7 Å². The van der Waals surface area contributed by atoms with Crippen molar-refractivity contribution in [2.45, 2.75) is 13.1 Å². The highest BCUT2D eigenvalue weighted by atomic mass is 19.4. The van der Waals surface area contributed by atoms with Gasteiger partial charge in [-0.15, -0.1) is 0 Å². The van der Waals surface area contributed by atoms with Gasteiger partial charge in [-0.3, -0.25) is 4.79 Å². The molecule has 0 aliphatic heterocycles. The summed E-state index contributed by atoms with van der Waals surface area (Å²) < 4.78 is 42.5. The van der Waals surface area contributed by atoms with Crippen LogP contribution in [-0.4, -0.2) is 25.7 Å². The third kappa shape index (κ3) is 4.88. The van der Waals surface area contributed by atoms with Crippen LogP contribution in [0.25, 0.3) is 0 Å². The molecule has 1 rings (SSSR count). The van der Waals surface area contributed by atoms with Crippen LogP contribution in [0.4, 0.5) is 18.9 Å². The fourth-order valence-corrected chi connectivity index (χ4v) is 1.37. The Morgan fingerprint density at radius 1 is 1.42 bits per heavy atom. The van der Waals surface area contributed by atoms with E-state index < -0.39 is 17.6 Å². The maximum atomic E-state index is 12.5. The van der Waals surface area contributed by atoms with E-state index in [1.54, 1.807) is 6.92 Å². The SMILES string of the molecule is Cc1ccc(C(F)(F)F)cc1NC(=O)COCCN. The quantitative estimate of drug-likeness (QED) is 0.808. The molecule has 0 bridgehead atoms. The number of hydrogen-bond acceptors (Lipinski definition) is 3. The van der Waals surface area contributed by atoms with Gasteiger partial charge in [0.15, 0.2) is 0 Å². The summed E-state index contributed by atoms with van der Waals surface area (Å²) in [5, 5.41) is 2.38. The number of carbonyl (C=O) groups is 1. The number of hydrogen-bond donors (Lipinski definition) is 2. The molecule has 0 aliphatic carbocycles. The Labute approximate surface area is 108 Å². The van der Waals surface area contributed by atoms with Crippen LogP contribution >= 0.6 is 0 Å². The molecule has 7 heteroatoms. The molecule has 0 heterocycles. The number of ether oxygens (including phenoxy) is 1. The number of halogens is 3. The number of nitrogens with one attached hydrogen (secondary N) is 1. The van der Waals surface area contributed by atoms with Crippen molar-refractivity contribution in [3.63, 3.8) is 0 Å². The summed E-state index contributed by atoms with van der Waals surface area (Å²) in [7, 11) is 0. The maximum absolute atomic E-state index is 12.5. The molecule has 0 fully saturated rings. The Bertz CT molecular complexity index is 447. The summed E-state index contributed by atoms with van der Waals surface area (Å²) in [6, 6.07) is 3.17. The molecule has 0 aliphatic rings. The van der Waals surface area contributed by atoms with Crippen molar-refractivity contribution < 1.29 is 22.7 Å². The van der Waals surface area contributed by atoms with Crippen LogP contribution in [0.3, 0.4) is 0 Å². The van der Waals surface area contributed by atoms with Gasteiger partial charge in [0.25, 0.3) is 0 Å². The minimum absolute atomic E-state index is 0.121. The molecule has 3 N–H and O–H groups in total. The molecular weight excluding hydrogens is 261 g/mol. The van der Waals surface area contributed by atoms with Gasteiger partial charge in [-0.25, -0.2) is 0 Å². The number of nitrogens with two attached hydrogens (primary N) is 1. The normalized spacial score (nSPS) is 11.4. The molecule has 4 nitrogen and oxygen atoms in total. The van der Waals surface area contributed by atoms with Gasteiger partial charge in [-0.05, 0) is 24.6 Å². The zero-order chi connectivity index (χ0) is 14.5. The highest BCUT2D eigenvalue weighted by Crippen LogP contribution is 2.31. The third-order valence-electron chi connectivity index (χ3n) is 2.33. The number of benzene rings is 1. The van der Waals surface area contributed by atoms with E-state index in [1.807, 2.05) is 0 Å². The lowest BCUT2D eigenvalue weighted by Crippen LogP contribution is -2.21. The number of anilines is 1. The van der Waals surface area contributed by atoms with Gasteiger partial charge >= 0.3 is 6.18 Å². The second-order valence-corrected chi connectivity index (χ2v) is 3.92. The van der Waals surface area contributed by atoms with Crippen LogP contribution < -0.4 is 11.1 Å². The Morgan fingerprint density at radius 3 is 2.68 bits per heavy atom. The van der Waals surface area contributed by atoms with E-state index in [0.717, 1.165) is 12.1 Å². The van der Waals surface area contributed by atoms with Crippen LogP contribution in [0.15, 0.2) is 18.2 Å².